The number of rotatable bonds is 9. The van der Waals surface area contributed by atoms with Gasteiger partial charge in [0.25, 0.3) is 0 Å². The molecule has 0 unspecified atom stereocenters. The summed E-state index contributed by atoms with van der Waals surface area (Å²) in [5, 5.41) is 0. The van der Waals surface area contributed by atoms with Crippen LogP contribution in [0.1, 0.15) is 67.8 Å². The van der Waals surface area contributed by atoms with Crippen molar-refractivity contribution in [2.75, 3.05) is 19.6 Å². The number of aryl methyl sites for hydroxylation is 2. The molecule has 228 valence electrons. The highest BCUT2D eigenvalue weighted by molar-refractivity contribution is 5.97. The van der Waals surface area contributed by atoms with Crippen molar-refractivity contribution in [1.82, 2.24) is 24.0 Å². The Hall–Kier alpha value is -4.23. The van der Waals surface area contributed by atoms with Gasteiger partial charge in [0.05, 0.1) is 28.6 Å². The molecular formula is C37H43N5O2. The van der Waals surface area contributed by atoms with Gasteiger partial charge in [-0.3, -0.25) is 0 Å². The van der Waals surface area contributed by atoms with Crippen LogP contribution in [0.3, 0.4) is 0 Å². The Morgan fingerprint density at radius 1 is 0.955 bits per heavy atom. The van der Waals surface area contributed by atoms with Gasteiger partial charge < -0.3 is 18.8 Å². The summed E-state index contributed by atoms with van der Waals surface area (Å²) in [4.78, 5) is 25.3. The average molecular weight is 590 g/mol. The quantitative estimate of drug-likeness (QED) is 0.166. The first kappa shape index (κ1) is 29.8. The Balaban J connectivity index is 1.26. The van der Waals surface area contributed by atoms with E-state index < -0.39 is 5.60 Å². The minimum absolute atomic E-state index is 0.308. The van der Waals surface area contributed by atoms with E-state index >= 15 is 0 Å². The third-order valence-electron chi connectivity index (χ3n) is 8.39. The van der Waals surface area contributed by atoms with E-state index in [-0.39, 0.29) is 5.97 Å². The maximum atomic E-state index is 12.9. The van der Waals surface area contributed by atoms with E-state index in [1.807, 2.05) is 51.4 Å². The molecule has 1 saturated heterocycles. The lowest BCUT2D eigenvalue weighted by atomic mass is 9.98. The van der Waals surface area contributed by atoms with E-state index in [1.165, 1.54) is 31.5 Å². The van der Waals surface area contributed by atoms with Gasteiger partial charge in [-0.15, -0.1) is 0 Å². The Bertz CT molecular complexity index is 1770. The molecule has 0 radical (unpaired) electrons. The van der Waals surface area contributed by atoms with E-state index in [1.54, 1.807) is 0 Å². The molecule has 0 amide bonds. The van der Waals surface area contributed by atoms with E-state index in [4.69, 9.17) is 14.7 Å². The van der Waals surface area contributed by atoms with Gasteiger partial charge in [-0.1, -0.05) is 49.4 Å². The fourth-order valence-corrected chi connectivity index (χ4v) is 6.15. The molecule has 0 bridgehead atoms. The molecule has 0 aliphatic carbocycles. The number of likely N-dealkylation sites (tertiary alicyclic amines) is 1. The van der Waals surface area contributed by atoms with Gasteiger partial charge >= 0.3 is 5.97 Å². The van der Waals surface area contributed by atoms with Crippen molar-refractivity contribution < 1.29 is 9.53 Å². The summed E-state index contributed by atoms with van der Waals surface area (Å²) in [5.41, 5.74) is 8.50. The number of nitrogens with zero attached hydrogens (tertiary/aromatic N) is 5. The van der Waals surface area contributed by atoms with Crippen LogP contribution in [0.25, 0.3) is 33.4 Å². The molecule has 1 aliphatic rings. The second-order valence-corrected chi connectivity index (χ2v) is 12.9. The molecule has 0 spiro atoms. The molecule has 2 aromatic heterocycles. The fourth-order valence-electron chi connectivity index (χ4n) is 6.15. The summed E-state index contributed by atoms with van der Waals surface area (Å²) in [5.74, 6) is 0.757. The Morgan fingerprint density at radius 3 is 2.43 bits per heavy atom. The molecule has 7 heteroatoms. The number of carbonyl (C=O) groups is 1. The van der Waals surface area contributed by atoms with Gasteiger partial charge in [0.15, 0.2) is 0 Å². The first-order valence-electron chi connectivity index (χ1n) is 15.8. The molecule has 3 aromatic carbocycles. The molecular weight excluding hydrogens is 546 g/mol. The zero-order chi connectivity index (χ0) is 30.8. The SMILES string of the molecule is CCc1nc2c(C)cc(-c3cn(CCN4CCCC4)cn3)cc2n1Cc1ccc(-c2ccccc2C(=O)OC(C)(C)C)cc1. The predicted molar refractivity (Wildman–Crippen MR) is 177 cm³/mol. The van der Waals surface area contributed by atoms with Gasteiger partial charge in [0, 0.05) is 37.8 Å². The summed E-state index contributed by atoms with van der Waals surface area (Å²) in [6, 6.07) is 20.6. The van der Waals surface area contributed by atoms with Crippen LogP contribution in [0.15, 0.2) is 73.2 Å². The minimum Gasteiger partial charge on any atom is -0.456 e. The summed E-state index contributed by atoms with van der Waals surface area (Å²) in [7, 11) is 0. The van der Waals surface area contributed by atoms with Crippen molar-refractivity contribution in [3.8, 4) is 22.4 Å². The highest BCUT2D eigenvalue weighted by Gasteiger charge is 2.21. The molecule has 0 saturated carbocycles. The molecule has 1 fully saturated rings. The summed E-state index contributed by atoms with van der Waals surface area (Å²) in [6.45, 7) is 15.1. The molecule has 5 aromatic rings. The first-order valence-corrected chi connectivity index (χ1v) is 15.8. The molecule has 1 aliphatic heterocycles. The topological polar surface area (TPSA) is 65.2 Å². The number of benzene rings is 3. The number of ether oxygens (including phenoxy) is 1. The normalized spacial score (nSPS) is 14.0. The average Bonchev–Trinajstić information content (AvgIpc) is 3.77. The largest absolute Gasteiger partial charge is 0.456 e. The first-order chi connectivity index (χ1) is 21.2. The highest BCUT2D eigenvalue weighted by atomic mass is 16.6. The maximum absolute atomic E-state index is 12.9. The zero-order valence-electron chi connectivity index (χ0n) is 26.6. The van der Waals surface area contributed by atoms with Crippen LogP contribution in [-0.4, -0.2) is 55.2 Å². The number of carbonyl (C=O) groups excluding carboxylic acids is 1. The van der Waals surface area contributed by atoms with Crippen molar-refractivity contribution in [2.45, 2.75) is 72.6 Å². The van der Waals surface area contributed by atoms with Crippen LogP contribution in [0, 0.1) is 6.92 Å². The van der Waals surface area contributed by atoms with Crippen LogP contribution in [-0.2, 0) is 24.2 Å². The number of esters is 1. The highest BCUT2D eigenvalue weighted by Crippen LogP contribution is 2.30. The Morgan fingerprint density at radius 2 is 1.70 bits per heavy atom. The van der Waals surface area contributed by atoms with Crippen LogP contribution >= 0.6 is 0 Å². The van der Waals surface area contributed by atoms with Crippen molar-refractivity contribution in [1.29, 1.82) is 0 Å². The summed E-state index contributed by atoms with van der Waals surface area (Å²) in [6.07, 6.45) is 7.60. The zero-order valence-corrected chi connectivity index (χ0v) is 26.6. The molecule has 6 rings (SSSR count). The van der Waals surface area contributed by atoms with Crippen LogP contribution in [0.5, 0.6) is 0 Å². The van der Waals surface area contributed by atoms with Gasteiger partial charge in [-0.05, 0) is 94.1 Å². The number of fused-ring (bicyclic) bond motifs is 1. The van der Waals surface area contributed by atoms with Gasteiger partial charge in [-0.25, -0.2) is 14.8 Å². The van der Waals surface area contributed by atoms with E-state index in [2.05, 4.69) is 70.5 Å². The van der Waals surface area contributed by atoms with Crippen LogP contribution < -0.4 is 0 Å². The fraction of sp³-hybridized carbons (Fsp3) is 0.378. The third-order valence-corrected chi connectivity index (χ3v) is 8.39. The standard InChI is InChI=1S/C37H43N5O2/c1-6-34-39-35-26(2)21-29(32-24-41(25-38-32)20-19-40-17-9-10-18-40)22-33(35)42(34)23-27-13-15-28(16-14-27)30-11-7-8-12-31(30)36(43)44-37(3,4)5/h7-8,11-16,21-22,24-25H,6,9-10,17-20,23H2,1-5H3. The van der Waals surface area contributed by atoms with Crippen molar-refractivity contribution in [3.05, 3.63) is 95.7 Å². The van der Waals surface area contributed by atoms with E-state index in [0.717, 1.165) is 64.3 Å². The van der Waals surface area contributed by atoms with Crippen LogP contribution in [0.2, 0.25) is 0 Å². The number of imidazole rings is 2. The van der Waals surface area contributed by atoms with E-state index in [9.17, 15) is 4.79 Å². The Labute approximate surface area is 260 Å². The molecule has 0 N–H and O–H groups in total. The third kappa shape index (κ3) is 6.48. The smallest absolute Gasteiger partial charge is 0.339 e. The number of hydrogen-bond acceptors (Lipinski definition) is 5. The maximum Gasteiger partial charge on any atom is 0.339 e. The summed E-state index contributed by atoms with van der Waals surface area (Å²) < 4.78 is 10.2. The molecule has 44 heavy (non-hydrogen) atoms. The predicted octanol–water partition coefficient (Wildman–Crippen LogP) is 7.54. The second kappa shape index (κ2) is 12.4. The van der Waals surface area contributed by atoms with Crippen molar-refractivity contribution in [2.24, 2.45) is 0 Å². The number of hydrogen-bond donors (Lipinski definition) is 0. The molecule has 3 heterocycles. The monoisotopic (exact) mass is 589 g/mol. The second-order valence-electron chi connectivity index (χ2n) is 12.9. The summed E-state index contributed by atoms with van der Waals surface area (Å²) >= 11 is 0. The lowest BCUT2D eigenvalue weighted by Crippen LogP contribution is -2.24. The van der Waals surface area contributed by atoms with Crippen LogP contribution in [0.4, 0.5) is 0 Å². The molecule has 7 nitrogen and oxygen atoms in total. The van der Waals surface area contributed by atoms with Gasteiger partial charge in [0.2, 0.25) is 0 Å². The minimum atomic E-state index is -0.551. The van der Waals surface area contributed by atoms with Crippen molar-refractivity contribution >= 4 is 17.0 Å². The lowest BCUT2D eigenvalue weighted by Gasteiger charge is -2.20. The number of aromatic nitrogens is 4. The van der Waals surface area contributed by atoms with E-state index in [0.29, 0.717) is 12.1 Å². The molecule has 0 atom stereocenters. The van der Waals surface area contributed by atoms with Gasteiger partial charge in [-0.2, -0.15) is 0 Å². The lowest BCUT2D eigenvalue weighted by molar-refractivity contribution is 0.00704. The Kier molecular flexibility index (Phi) is 8.41. The van der Waals surface area contributed by atoms with Gasteiger partial charge in [0.1, 0.15) is 11.4 Å². The van der Waals surface area contributed by atoms with Crippen molar-refractivity contribution in [3.63, 3.8) is 0 Å².